The van der Waals surface area contributed by atoms with Crippen LogP contribution in [0.2, 0.25) is 0 Å². The first-order valence-electron chi connectivity index (χ1n) is 5.30. The minimum Gasteiger partial charge on any atom is -0.335 e. The maximum Gasteiger partial charge on any atom is 0.319 e. The lowest BCUT2D eigenvalue weighted by atomic mass is 10.1. The van der Waals surface area contributed by atoms with E-state index >= 15 is 0 Å². The van der Waals surface area contributed by atoms with E-state index in [4.69, 9.17) is 0 Å². The molecule has 0 saturated heterocycles. The van der Waals surface area contributed by atoms with Crippen molar-refractivity contribution in [1.82, 2.24) is 5.32 Å². The summed E-state index contributed by atoms with van der Waals surface area (Å²) in [5, 5.41) is 5.75. The fraction of sp³-hybridized carbons (Fsp3) is 0.417. The first-order valence-corrected chi connectivity index (χ1v) is 5.30. The van der Waals surface area contributed by atoms with E-state index in [1.165, 1.54) is 5.56 Å². The van der Waals surface area contributed by atoms with Crippen LogP contribution in [0.5, 0.6) is 0 Å². The highest BCUT2D eigenvalue weighted by molar-refractivity contribution is 5.90. The van der Waals surface area contributed by atoms with Gasteiger partial charge in [-0.1, -0.05) is 17.7 Å². The van der Waals surface area contributed by atoms with Crippen molar-refractivity contribution in [3.63, 3.8) is 0 Å². The van der Waals surface area contributed by atoms with Gasteiger partial charge in [0.25, 0.3) is 0 Å². The van der Waals surface area contributed by atoms with Crippen LogP contribution in [-0.4, -0.2) is 12.1 Å². The monoisotopic (exact) mass is 204 g/mol. The Morgan fingerprint density at radius 3 is 2.67 bits per heavy atom. The van der Waals surface area contributed by atoms with Gasteiger partial charge in [0.2, 0.25) is 0 Å². The lowest BCUT2D eigenvalue weighted by Crippen LogP contribution is -2.30. The third-order valence-electron chi connectivity index (χ3n) is 2.54. The van der Waals surface area contributed by atoms with Crippen molar-refractivity contribution in [3.8, 4) is 0 Å². The summed E-state index contributed by atoms with van der Waals surface area (Å²) in [6.07, 6.45) is 2.22. The molecular weight excluding hydrogens is 188 g/mol. The first kappa shape index (κ1) is 10.0. The van der Waals surface area contributed by atoms with E-state index in [-0.39, 0.29) is 6.03 Å². The molecule has 2 rings (SSSR count). The molecule has 1 aliphatic carbocycles. The van der Waals surface area contributed by atoms with Gasteiger partial charge in [-0.15, -0.1) is 0 Å². The number of rotatable bonds is 2. The van der Waals surface area contributed by atoms with Crippen molar-refractivity contribution in [2.75, 3.05) is 5.32 Å². The summed E-state index contributed by atoms with van der Waals surface area (Å²) >= 11 is 0. The summed E-state index contributed by atoms with van der Waals surface area (Å²) in [5.74, 6) is 0. The van der Waals surface area contributed by atoms with E-state index in [0.29, 0.717) is 6.04 Å². The summed E-state index contributed by atoms with van der Waals surface area (Å²) in [5.41, 5.74) is 3.19. The van der Waals surface area contributed by atoms with Crippen molar-refractivity contribution in [2.24, 2.45) is 0 Å². The molecule has 0 heterocycles. The Labute approximate surface area is 89.9 Å². The molecule has 0 aliphatic heterocycles. The molecule has 0 atom stereocenters. The number of amides is 2. The maximum atomic E-state index is 11.5. The molecule has 0 unspecified atom stereocenters. The lowest BCUT2D eigenvalue weighted by Gasteiger charge is -2.09. The Balaban J connectivity index is 1.99. The van der Waals surface area contributed by atoms with E-state index in [1.54, 1.807) is 0 Å². The second-order valence-electron chi connectivity index (χ2n) is 4.19. The van der Waals surface area contributed by atoms with Crippen molar-refractivity contribution in [1.29, 1.82) is 0 Å². The predicted octanol–water partition coefficient (Wildman–Crippen LogP) is 2.59. The van der Waals surface area contributed by atoms with Crippen LogP contribution in [0.25, 0.3) is 0 Å². The third kappa shape index (κ3) is 2.72. The normalized spacial score (nSPS) is 14.8. The molecule has 2 amide bonds. The van der Waals surface area contributed by atoms with Gasteiger partial charge in [-0.2, -0.15) is 0 Å². The molecule has 80 valence electrons. The van der Waals surface area contributed by atoms with Crippen LogP contribution in [0, 0.1) is 13.8 Å². The number of anilines is 1. The SMILES string of the molecule is Cc1ccc(NC(=O)NC2CC2)c(C)c1. The molecule has 0 spiro atoms. The minimum atomic E-state index is -0.0931. The predicted molar refractivity (Wildman–Crippen MR) is 61.1 cm³/mol. The highest BCUT2D eigenvalue weighted by Crippen LogP contribution is 2.20. The number of hydrogen-bond acceptors (Lipinski definition) is 1. The molecule has 15 heavy (non-hydrogen) atoms. The highest BCUT2D eigenvalue weighted by atomic mass is 16.2. The Kier molecular flexibility index (Phi) is 2.62. The Bertz CT molecular complexity index is 383. The maximum absolute atomic E-state index is 11.5. The van der Waals surface area contributed by atoms with Crippen LogP contribution in [0.15, 0.2) is 18.2 Å². The number of benzene rings is 1. The number of hydrogen-bond donors (Lipinski definition) is 2. The number of carbonyl (C=O) groups is 1. The van der Waals surface area contributed by atoms with Crippen molar-refractivity contribution in [3.05, 3.63) is 29.3 Å². The molecular formula is C12H16N2O. The minimum absolute atomic E-state index is 0.0931. The summed E-state index contributed by atoms with van der Waals surface area (Å²) in [6, 6.07) is 6.31. The highest BCUT2D eigenvalue weighted by Gasteiger charge is 2.23. The smallest absolute Gasteiger partial charge is 0.319 e. The van der Waals surface area contributed by atoms with Crippen LogP contribution >= 0.6 is 0 Å². The number of aryl methyl sites for hydroxylation is 2. The zero-order valence-electron chi connectivity index (χ0n) is 9.13. The fourth-order valence-corrected chi connectivity index (χ4v) is 1.53. The van der Waals surface area contributed by atoms with E-state index in [0.717, 1.165) is 24.1 Å². The first-order chi connectivity index (χ1) is 7.15. The molecule has 0 aromatic heterocycles. The zero-order valence-corrected chi connectivity index (χ0v) is 9.13. The van der Waals surface area contributed by atoms with E-state index in [1.807, 2.05) is 26.0 Å². The van der Waals surface area contributed by atoms with Crippen LogP contribution < -0.4 is 10.6 Å². The summed E-state index contributed by atoms with van der Waals surface area (Å²) in [4.78, 5) is 11.5. The van der Waals surface area contributed by atoms with Gasteiger partial charge in [0.05, 0.1) is 0 Å². The lowest BCUT2D eigenvalue weighted by molar-refractivity contribution is 0.251. The van der Waals surface area contributed by atoms with Gasteiger partial charge >= 0.3 is 6.03 Å². The van der Waals surface area contributed by atoms with Gasteiger partial charge in [-0.25, -0.2) is 4.79 Å². The second-order valence-corrected chi connectivity index (χ2v) is 4.19. The van der Waals surface area contributed by atoms with Crippen LogP contribution in [0.3, 0.4) is 0 Å². The van der Waals surface area contributed by atoms with Crippen molar-refractivity contribution in [2.45, 2.75) is 32.7 Å². The Morgan fingerprint density at radius 1 is 1.33 bits per heavy atom. The molecule has 0 bridgehead atoms. The summed E-state index contributed by atoms with van der Waals surface area (Å²) in [6.45, 7) is 4.04. The van der Waals surface area contributed by atoms with Crippen LogP contribution in [0.4, 0.5) is 10.5 Å². The van der Waals surface area contributed by atoms with Gasteiger partial charge in [0.15, 0.2) is 0 Å². The topological polar surface area (TPSA) is 41.1 Å². The quantitative estimate of drug-likeness (QED) is 0.763. The van der Waals surface area contributed by atoms with E-state index < -0.39 is 0 Å². The van der Waals surface area contributed by atoms with Gasteiger partial charge in [-0.05, 0) is 38.3 Å². The van der Waals surface area contributed by atoms with Crippen molar-refractivity contribution >= 4 is 11.7 Å². The standard InChI is InChI=1S/C12H16N2O/c1-8-3-6-11(9(2)7-8)14-12(15)13-10-4-5-10/h3,6-7,10H,4-5H2,1-2H3,(H2,13,14,15). The molecule has 1 saturated carbocycles. The van der Waals surface area contributed by atoms with E-state index in [9.17, 15) is 4.79 Å². The van der Waals surface area contributed by atoms with Gasteiger partial charge in [0, 0.05) is 11.7 Å². The molecule has 1 aromatic carbocycles. The largest absolute Gasteiger partial charge is 0.335 e. The molecule has 3 nitrogen and oxygen atoms in total. The number of carbonyl (C=O) groups excluding carboxylic acids is 1. The average Bonchev–Trinajstić information content (AvgIpc) is 2.94. The van der Waals surface area contributed by atoms with Crippen LogP contribution in [-0.2, 0) is 0 Å². The third-order valence-corrected chi connectivity index (χ3v) is 2.54. The van der Waals surface area contributed by atoms with Gasteiger partial charge in [0.1, 0.15) is 0 Å². The second kappa shape index (κ2) is 3.93. The molecule has 1 aliphatic rings. The fourth-order valence-electron chi connectivity index (χ4n) is 1.53. The van der Waals surface area contributed by atoms with Gasteiger partial charge < -0.3 is 10.6 Å². The molecule has 1 aromatic rings. The Morgan fingerprint density at radius 2 is 2.07 bits per heavy atom. The van der Waals surface area contributed by atoms with Crippen molar-refractivity contribution < 1.29 is 4.79 Å². The van der Waals surface area contributed by atoms with E-state index in [2.05, 4.69) is 16.7 Å². The molecule has 0 radical (unpaired) electrons. The number of urea groups is 1. The molecule has 2 N–H and O–H groups in total. The average molecular weight is 204 g/mol. The summed E-state index contributed by atoms with van der Waals surface area (Å²) in [7, 11) is 0. The molecule has 1 fully saturated rings. The Hall–Kier alpha value is -1.51. The van der Waals surface area contributed by atoms with Gasteiger partial charge in [-0.3, -0.25) is 0 Å². The number of nitrogens with one attached hydrogen (secondary N) is 2. The zero-order chi connectivity index (χ0) is 10.8. The molecule has 3 heteroatoms. The summed E-state index contributed by atoms with van der Waals surface area (Å²) < 4.78 is 0. The van der Waals surface area contributed by atoms with Crippen LogP contribution in [0.1, 0.15) is 24.0 Å².